The Labute approximate surface area is 124 Å². The van der Waals surface area contributed by atoms with E-state index >= 15 is 0 Å². The lowest BCUT2D eigenvalue weighted by atomic mass is 10.1. The number of rotatable bonds is 8. The number of carboxylic acid groups (broad SMARTS) is 1. The van der Waals surface area contributed by atoms with Gasteiger partial charge in [0.2, 0.25) is 0 Å². The van der Waals surface area contributed by atoms with E-state index in [1.165, 1.54) is 31.0 Å². The van der Waals surface area contributed by atoms with E-state index in [9.17, 15) is 9.18 Å². The molecule has 0 bridgehead atoms. The molecule has 1 atom stereocenters. The van der Waals surface area contributed by atoms with Gasteiger partial charge in [-0.25, -0.2) is 9.18 Å². The number of hydrogen-bond acceptors (Lipinski definition) is 3. The first-order valence-corrected chi connectivity index (χ1v) is 7.27. The van der Waals surface area contributed by atoms with E-state index in [4.69, 9.17) is 9.84 Å². The molecule has 0 spiro atoms. The first-order chi connectivity index (χ1) is 10.0. The van der Waals surface area contributed by atoms with Crippen LogP contribution in [0.3, 0.4) is 0 Å². The Morgan fingerprint density at radius 3 is 2.81 bits per heavy atom. The maximum Gasteiger partial charge on any atom is 0.335 e. The van der Waals surface area contributed by atoms with Crippen molar-refractivity contribution in [3.63, 3.8) is 0 Å². The zero-order valence-electron chi connectivity index (χ0n) is 12.5. The zero-order chi connectivity index (χ0) is 15.4. The van der Waals surface area contributed by atoms with E-state index < -0.39 is 5.97 Å². The van der Waals surface area contributed by atoms with Crippen molar-refractivity contribution in [1.82, 2.24) is 4.90 Å². The van der Waals surface area contributed by atoms with Gasteiger partial charge in [-0.05, 0) is 43.9 Å². The highest BCUT2D eigenvalue weighted by atomic mass is 19.1. The second-order valence-electron chi connectivity index (χ2n) is 5.65. The smallest absolute Gasteiger partial charge is 0.335 e. The molecule has 1 aromatic rings. The molecule has 0 radical (unpaired) electrons. The molecule has 0 aromatic heterocycles. The van der Waals surface area contributed by atoms with Gasteiger partial charge in [-0.1, -0.05) is 0 Å². The number of nitrogens with zero attached hydrogens (tertiary/aromatic N) is 1. The fourth-order valence-electron chi connectivity index (χ4n) is 2.56. The second-order valence-corrected chi connectivity index (χ2v) is 5.65. The highest BCUT2D eigenvalue weighted by Gasteiger charge is 2.32. The predicted octanol–water partition coefficient (Wildman–Crippen LogP) is 2.77. The van der Waals surface area contributed by atoms with Crippen LogP contribution in [0.1, 0.15) is 35.7 Å². The monoisotopic (exact) mass is 295 g/mol. The molecule has 1 saturated carbocycles. The molecule has 116 valence electrons. The predicted molar refractivity (Wildman–Crippen MR) is 77.8 cm³/mol. The third-order valence-electron chi connectivity index (χ3n) is 4.13. The summed E-state index contributed by atoms with van der Waals surface area (Å²) in [6.45, 7) is 3.85. The average molecular weight is 295 g/mol. The minimum Gasteiger partial charge on any atom is -0.478 e. The van der Waals surface area contributed by atoms with Gasteiger partial charge >= 0.3 is 5.97 Å². The third kappa shape index (κ3) is 4.25. The van der Waals surface area contributed by atoms with Crippen molar-refractivity contribution in [2.45, 2.75) is 32.4 Å². The molecule has 1 unspecified atom stereocenters. The second kappa shape index (κ2) is 7.00. The Bertz CT molecular complexity index is 502. The van der Waals surface area contributed by atoms with E-state index in [0.29, 0.717) is 37.2 Å². The van der Waals surface area contributed by atoms with Crippen LogP contribution in [0.5, 0.6) is 0 Å². The highest BCUT2D eigenvalue weighted by Crippen LogP contribution is 2.35. The number of benzene rings is 1. The molecule has 0 heterocycles. The molecule has 1 aromatic carbocycles. The van der Waals surface area contributed by atoms with Crippen molar-refractivity contribution in [2.75, 3.05) is 20.3 Å². The van der Waals surface area contributed by atoms with Crippen LogP contribution in [0, 0.1) is 11.7 Å². The van der Waals surface area contributed by atoms with Gasteiger partial charge in [-0.15, -0.1) is 0 Å². The molecule has 0 amide bonds. The highest BCUT2D eigenvalue weighted by molar-refractivity contribution is 5.87. The molecule has 1 aliphatic rings. The summed E-state index contributed by atoms with van der Waals surface area (Å²) in [6, 6.07) is 4.31. The molecular formula is C16H22FNO3. The lowest BCUT2D eigenvalue weighted by Gasteiger charge is -2.29. The summed E-state index contributed by atoms with van der Waals surface area (Å²) in [5.41, 5.74) is 0.552. The van der Waals surface area contributed by atoms with Crippen molar-refractivity contribution in [3.05, 3.63) is 35.1 Å². The molecule has 2 rings (SSSR count). The maximum absolute atomic E-state index is 13.9. The van der Waals surface area contributed by atoms with Gasteiger partial charge in [0.15, 0.2) is 0 Å². The molecular weight excluding hydrogens is 273 g/mol. The summed E-state index contributed by atoms with van der Waals surface area (Å²) in [4.78, 5) is 13.2. The van der Waals surface area contributed by atoms with Crippen LogP contribution in [0.2, 0.25) is 0 Å². The Hall–Kier alpha value is -1.46. The molecule has 1 aliphatic carbocycles. The number of carboxylic acids is 1. The Morgan fingerprint density at radius 1 is 1.52 bits per heavy atom. The number of halogens is 1. The standard InChI is InChI=1S/C16H22FNO3/c1-11(12-3-4-12)18(7-8-21-2)10-14-9-13(16(19)20)5-6-15(14)17/h5-6,9,11-12H,3-4,7-8,10H2,1-2H3,(H,19,20). The van der Waals surface area contributed by atoms with Gasteiger partial charge in [-0.3, -0.25) is 4.90 Å². The zero-order valence-corrected chi connectivity index (χ0v) is 12.5. The van der Waals surface area contributed by atoms with E-state index in [1.807, 2.05) is 0 Å². The van der Waals surface area contributed by atoms with Gasteiger partial charge in [0.1, 0.15) is 5.82 Å². The summed E-state index contributed by atoms with van der Waals surface area (Å²) in [7, 11) is 1.64. The lowest BCUT2D eigenvalue weighted by Crippen LogP contribution is -2.37. The van der Waals surface area contributed by atoms with Crippen LogP contribution in [0.25, 0.3) is 0 Å². The first-order valence-electron chi connectivity index (χ1n) is 7.27. The number of ether oxygens (including phenoxy) is 1. The van der Waals surface area contributed by atoms with Gasteiger partial charge in [-0.2, -0.15) is 0 Å². The Kier molecular flexibility index (Phi) is 5.31. The van der Waals surface area contributed by atoms with Crippen molar-refractivity contribution in [2.24, 2.45) is 5.92 Å². The molecule has 1 N–H and O–H groups in total. The van der Waals surface area contributed by atoms with Crippen LogP contribution in [-0.2, 0) is 11.3 Å². The maximum atomic E-state index is 13.9. The number of methoxy groups -OCH3 is 1. The molecule has 4 nitrogen and oxygen atoms in total. The quantitative estimate of drug-likeness (QED) is 0.801. The summed E-state index contributed by atoms with van der Waals surface area (Å²) >= 11 is 0. The van der Waals surface area contributed by atoms with Crippen LogP contribution in [0.4, 0.5) is 4.39 Å². The van der Waals surface area contributed by atoms with E-state index in [0.717, 1.165) is 0 Å². The van der Waals surface area contributed by atoms with E-state index in [-0.39, 0.29) is 11.4 Å². The van der Waals surface area contributed by atoms with Crippen molar-refractivity contribution >= 4 is 5.97 Å². The van der Waals surface area contributed by atoms with Gasteiger partial charge in [0.05, 0.1) is 12.2 Å². The largest absolute Gasteiger partial charge is 0.478 e. The fraction of sp³-hybridized carbons (Fsp3) is 0.562. The first kappa shape index (κ1) is 15.9. The minimum atomic E-state index is -1.03. The minimum absolute atomic E-state index is 0.122. The fourth-order valence-corrected chi connectivity index (χ4v) is 2.56. The van der Waals surface area contributed by atoms with Crippen LogP contribution < -0.4 is 0 Å². The van der Waals surface area contributed by atoms with Crippen LogP contribution in [-0.4, -0.2) is 42.3 Å². The van der Waals surface area contributed by atoms with Crippen molar-refractivity contribution < 1.29 is 19.0 Å². The van der Waals surface area contributed by atoms with Crippen molar-refractivity contribution in [1.29, 1.82) is 0 Å². The Balaban J connectivity index is 2.14. The van der Waals surface area contributed by atoms with E-state index in [2.05, 4.69) is 11.8 Å². The van der Waals surface area contributed by atoms with Crippen molar-refractivity contribution in [3.8, 4) is 0 Å². The van der Waals surface area contributed by atoms with E-state index in [1.54, 1.807) is 7.11 Å². The molecule has 0 aliphatic heterocycles. The Morgan fingerprint density at radius 2 is 2.24 bits per heavy atom. The average Bonchev–Trinajstić information content (AvgIpc) is 3.28. The SMILES string of the molecule is COCCN(Cc1cc(C(=O)O)ccc1F)C(C)C1CC1. The molecule has 1 fully saturated rings. The number of carbonyl (C=O) groups is 1. The summed E-state index contributed by atoms with van der Waals surface area (Å²) < 4.78 is 19.1. The molecule has 5 heteroatoms. The topological polar surface area (TPSA) is 49.8 Å². The lowest BCUT2D eigenvalue weighted by molar-refractivity contribution is 0.0696. The van der Waals surface area contributed by atoms with Crippen LogP contribution >= 0.6 is 0 Å². The van der Waals surface area contributed by atoms with Crippen LogP contribution in [0.15, 0.2) is 18.2 Å². The molecule has 0 saturated heterocycles. The summed E-state index contributed by atoms with van der Waals surface area (Å²) in [6.07, 6.45) is 2.42. The normalized spacial score (nSPS) is 16.2. The number of hydrogen-bond donors (Lipinski definition) is 1. The molecule has 21 heavy (non-hydrogen) atoms. The third-order valence-corrected chi connectivity index (χ3v) is 4.13. The summed E-state index contributed by atoms with van der Waals surface area (Å²) in [5.74, 6) is -0.729. The van der Waals surface area contributed by atoms with Gasteiger partial charge in [0, 0.05) is 31.8 Å². The number of aromatic carboxylic acids is 1. The van der Waals surface area contributed by atoms with Gasteiger partial charge in [0.25, 0.3) is 0 Å². The summed E-state index contributed by atoms with van der Waals surface area (Å²) in [5, 5.41) is 9.03. The van der Waals surface area contributed by atoms with Gasteiger partial charge < -0.3 is 9.84 Å².